The first kappa shape index (κ1) is 19.1. The molecule has 0 aliphatic rings. The van der Waals surface area contributed by atoms with E-state index in [0.29, 0.717) is 5.69 Å². The molecule has 0 atom stereocenters. The Kier molecular flexibility index (Phi) is 5.65. The molecule has 8 heteroatoms. The number of pyridine rings is 1. The summed E-state index contributed by atoms with van der Waals surface area (Å²) in [7, 11) is 0. The highest BCUT2D eigenvalue weighted by Gasteiger charge is 2.21. The maximum Gasteiger partial charge on any atom is 0.326 e. The van der Waals surface area contributed by atoms with Crippen molar-refractivity contribution in [1.29, 1.82) is 0 Å². The quantitative estimate of drug-likeness (QED) is 0.732. The lowest BCUT2D eigenvalue weighted by Gasteiger charge is -2.23. The Morgan fingerprint density at radius 3 is 2.40 bits per heavy atom. The largest absolute Gasteiger partial charge is 0.326 e. The molecule has 0 saturated carbocycles. The van der Waals surface area contributed by atoms with Gasteiger partial charge in [0, 0.05) is 5.69 Å². The smallest absolute Gasteiger partial charge is 0.307 e. The van der Waals surface area contributed by atoms with Crippen LogP contribution in [-0.2, 0) is 5.41 Å². The molecule has 1 heterocycles. The molecule has 0 bridgehead atoms. The predicted molar refractivity (Wildman–Crippen MR) is 95.8 cm³/mol. The molecule has 3 amide bonds. The SMILES string of the molecule is CC(C)(C)c1ccccc1NC(=O)NC(=O)c1cc(F)c(Cl)nc1Cl. The number of carbonyl (C=O) groups excluding carboxylic acids is 2. The summed E-state index contributed by atoms with van der Waals surface area (Å²) in [6.07, 6.45) is 0. The van der Waals surface area contributed by atoms with Crippen LogP contribution in [0.15, 0.2) is 30.3 Å². The second-order valence-corrected chi connectivity index (χ2v) is 7.02. The van der Waals surface area contributed by atoms with E-state index in [1.807, 2.05) is 32.9 Å². The normalized spacial score (nSPS) is 11.1. The monoisotopic (exact) mass is 383 g/mol. The third-order valence-corrected chi connectivity index (χ3v) is 3.89. The van der Waals surface area contributed by atoms with Gasteiger partial charge < -0.3 is 5.32 Å². The van der Waals surface area contributed by atoms with Crippen molar-refractivity contribution in [2.24, 2.45) is 0 Å². The lowest BCUT2D eigenvalue weighted by molar-refractivity contribution is 0.0966. The van der Waals surface area contributed by atoms with Gasteiger partial charge in [0.25, 0.3) is 5.91 Å². The fraction of sp³-hybridized carbons (Fsp3) is 0.235. The summed E-state index contributed by atoms with van der Waals surface area (Å²) < 4.78 is 13.5. The Morgan fingerprint density at radius 1 is 1.12 bits per heavy atom. The number of amides is 3. The van der Waals surface area contributed by atoms with Gasteiger partial charge in [-0.15, -0.1) is 0 Å². The molecule has 1 aromatic heterocycles. The van der Waals surface area contributed by atoms with Crippen molar-refractivity contribution in [1.82, 2.24) is 10.3 Å². The molecule has 2 N–H and O–H groups in total. The van der Waals surface area contributed by atoms with Gasteiger partial charge in [0.2, 0.25) is 0 Å². The van der Waals surface area contributed by atoms with Crippen LogP contribution in [0, 0.1) is 5.82 Å². The molecule has 1 aromatic carbocycles. The van der Waals surface area contributed by atoms with Gasteiger partial charge in [-0.3, -0.25) is 10.1 Å². The third-order valence-electron chi connectivity index (χ3n) is 3.34. The van der Waals surface area contributed by atoms with Gasteiger partial charge in [0.05, 0.1) is 5.56 Å². The van der Waals surface area contributed by atoms with Crippen LogP contribution in [0.1, 0.15) is 36.7 Å². The zero-order valence-corrected chi connectivity index (χ0v) is 15.3. The molecule has 0 aliphatic carbocycles. The highest BCUT2D eigenvalue weighted by molar-refractivity contribution is 6.35. The topological polar surface area (TPSA) is 71.1 Å². The van der Waals surface area contributed by atoms with Crippen LogP contribution in [0.4, 0.5) is 14.9 Å². The summed E-state index contributed by atoms with van der Waals surface area (Å²) in [6, 6.07) is 7.28. The summed E-state index contributed by atoms with van der Waals surface area (Å²) in [4.78, 5) is 27.7. The van der Waals surface area contributed by atoms with E-state index in [-0.39, 0.29) is 16.1 Å². The van der Waals surface area contributed by atoms with Crippen LogP contribution >= 0.6 is 23.2 Å². The van der Waals surface area contributed by atoms with E-state index in [2.05, 4.69) is 15.6 Å². The number of hydrogen-bond donors (Lipinski definition) is 2. The minimum Gasteiger partial charge on any atom is -0.307 e. The van der Waals surface area contributed by atoms with E-state index in [1.54, 1.807) is 12.1 Å². The lowest BCUT2D eigenvalue weighted by Crippen LogP contribution is -2.35. The Bertz CT molecular complexity index is 835. The van der Waals surface area contributed by atoms with Gasteiger partial charge in [-0.25, -0.2) is 14.2 Å². The molecule has 5 nitrogen and oxygen atoms in total. The third kappa shape index (κ3) is 4.67. The maximum atomic E-state index is 13.5. The average molecular weight is 384 g/mol. The number of anilines is 1. The van der Waals surface area contributed by atoms with E-state index in [9.17, 15) is 14.0 Å². The molecule has 132 valence electrons. The molecular weight excluding hydrogens is 368 g/mol. The highest BCUT2D eigenvalue weighted by atomic mass is 35.5. The first-order valence-electron chi connectivity index (χ1n) is 7.33. The summed E-state index contributed by atoms with van der Waals surface area (Å²) in [5.74, 6) is -1.80. The van der Waals surface area contributed by atoms with Gasteiger partial charge in [-0.2, -0.15) is 0 Å². The average Bonchev–Trinajstić information content (AvgIpc) is 2.50. The Morgan fingerprint density at radius 2 is 1.76 bits per heavy atom. The minimum absolute atomic E-state index is 0.208. The first-order chi connectivity index (χ1) is 11.6. The van der Waals surface area contributed by atoms with E-state index in [1.165, 1.54) is 0 Å². The van der Waals surface area contributed by atoms with Gasteiger partial charge in [0.1, 0.15) is 5.15 Å². The molecule has 2 aromatic rings. The van der Waals surface area contributed by atoms with Crippen molar-refractivity contribution in [2.45, 2.75) is 26.2 Å². The number of halogens is 3. The van der Waals surface area contributed by atoms with E-state index in [0.717, 1.165) is 11.6 Å². The van der Waals surface area contributed by atoms with Crippen molar-refractivity contribution < 1.29 is 14.0 Å². The molecule has 25 heavy (non-hydrogen) atoms. The zero-order chi connectivity index (χ0) is 18.8. The molecule has 0 unspecified atom stereocenters. The van der Waals surface area contributed by atoms with Crippen molar-refractivity contribution in [2.75, 3.05) is 5.32 Å². The maximum absolute atomic E-state index is 13.5. The first-order valence-corrected chi connectivity index (χ1v) is 8.08. The van der Waals surface area contributed by atoms with Gasteiger partial charge in [-0.1, -0.05) is 62.2 Å². The number of benzene rings is 1. The van der Waals surface area contributed by atoms with E-state index < -0.39 is 22.9 Å². The van der Waals surface area contributed by atoms with Crippen LogP contribution in [-0.4, -0.2) is 16.9 Å². The summed E-state index contributed by atoms with van der Waals surface area (Å²) >= 11 is 11.3. The van der Waals surface area contributed by atoms with Crippen LogP contribution in [0.5, 0.6) is 0 Å². The molecule has 0 aliphatic heterocycles. The number of carbonyl (C=O) groups is 2. The molecular formula is C17H16Cl2FN3O2. The van der Waals surface area contributed by atoms with Crippen molar-refractivity contribution in [3.8, 4) is 0 Å². The fourth-order valence-electron chi connectivity index (χ4n) is 2.18. The van der Waals surface area contributed by atoms with Gasteiger partial charge in [0.15, 0.2) is 11.0 Å². The lowest BCUT2D eigenvalue weighted by atomic mass is 9.86. The zero-order valence-electron chi connectivity index (χ0n) is 13.8. The minimum atomic E-state index is -0.908. The number of rotatable bonds is 2. The Balaban J connectivity index is 2.17. The number of urea groups is 1. The summed E-state index contributed by atoms with van der Waals surface area (Å²) in [5.41, 5.74) is 0.963. The number of aromatic nitrogens is 1. The predicted octanol–water partition coefficient (Wildman–Crippen LogP) is 4.79. The molecule has 0 spiro atoms. The van der Waals surface area contributed by atoms with Crippen LogP contribution in [0.25, 0.3) is 0 Å². The molecule has 0 fully saturated rings. The molecule has 0 saturated heterocycles. The number of imide groups is 1. The number of nitrogens with one attached hydrogen (secondary N) is 2. The van der Waals surface area contributed by atoms with E-state index >= 15 is 0 Å². The summed E-state index contributed by atoms with van der Waals surface area (Å²) in [5, 5.41) is 3.94. The van der Waals surface area contributed by atoms with E-state index in [4.69, 9.17) is 23.2 Å². The van der Waals surface area contributed by atoms with Crippen LogP contribution in [0.2, 0.25) is 10.3 Å². The number of para-hydroxylation sites is 1. The van der Waals surface area contributed by atoms with Crippen LogP contribution in [0.3, 0.4) is 0 Å². The van der Waals surface area contributed by atoms with Crippen molar-refractivity contribution in [3.05, 3.63) is 57.6 Å². The molecule has 0 radical (unpaired) electrons. The number of hydrogen-bond acceptors (Lipinski definition) is 3. The second kappa shape index (κ2) is 7.37. The highest BCUT2D eigenvalue weighted by Crippen LogP contribution is 2.29. The van der Waals surface area contributed by atoms with Gasteiger partial charge >= 0.3 is 6.03 Å². The Hall–Kier alpha value is -2.18. The van der Waals surface area contributed by atoms with Gasteiger partial charge in [-0.05, 0) is 23.1 Å². The number of nitrogens with zero attached hydrogens (tertiary/aromatic N) is 1. The van der Waals surface area contributed by atoms with Crippen molar-refractivity contribution in [3.63, 3.8) is 0 Å². The second-order valence-electron chi connectivity index (χ2n) is 6.30. The summed E-state index contributed by atoms with van der Waals surface area (Å²) in [6.45, 7) is 6.00. The standard InChI is InChI=1S/C17H16Cl2FN3O2/c1-17(2,3)10-6-4-5-7-12(10)21-16(25)23-15(24)9-8-11(20)14(19)22-13(9)18/h4-8H,1-3H3,(H2,21,23,24,25). The van der Waals surface area contributed by atoms with Crippen LogP contribution < -0.4 is 10.6 Å². The van der Waals surface area contributed by atoms with Crippen molar-refractivity contribution >= 4 is 40.8 Å². The fourth-order valence-corrected chi connectivity index (χ4v) is 2.58. The Labute approximate surface area is 154 Å². The molecule has 2 rings (SSSR count).